The smallest absolute Gasteiger partial charge is 0.331 e. The Bertz CT molecular complexity index is 955. The van der Waals surface area contributed by atoms with Crippen molar-refractivity contribution in [3.05, 3.63) is 68.5 Å². The fraction of sp³-hybridized carbons (Fsp3) is 0.0625. The first-order chi connectivity index (χ1) is 11.0. The van der Waals surface area contributed by atoms with Gasteiger partial charge in [0.1, 0.15) is 12.3 Å². The summed E-state index contributed by atoms with van der Waals surface area (Å²) >= 11 is 9.12. The van der Waals surface area contributed by atoms with Gasteiger partial charge in [0.05, 0.1) is 21.7 Å². The number of hydrogen-bond acceptors (Lipinski definition) is 4. The maximum absolute atomic E-state index is 12.2. The fourth-order valence-corrected chi connectivity index (χ4v) is 2.88. The van der Waals surface area contributed by atoms with Crippen LogP contribution in [0.5, 0.6) is 5.75 Å². The van der Waals surface area contributed by atoms with Crippen LogP contribution in [0.3, 0.4) is 0 Å². The van der Waals surface area contributed by atoms with Crippen molar-refractivity contribution in [2.24, 2.45) is 0 Å². The van der Waals surface area contributed by atoms with Crippen LogP contribution in [0.1, 0.15) is 0 Å². The summed E-state index contributed by atoms with van der Waals surface area (Å²) in [5.41, 5.74) is 0.843. The van der Waals surface area contributed by atoms with Gasteiger partial charge in [0, 0.05) is 5.02 Å². The molecule has 0 unspecified atom stereocenters. The normalized spacial score (nSPS) is 10.7. The van der Waals surface area contributed by atoms with E-state index in [-0.39, 0.29) is 12.1 Å². The Labute approximate surface area is 144 Å². The molecule has 0 aliphatic rings. The molecule has 23 heavy (non-hydrogen) atoms. The average molecular weight is 394 g/mol. The Morgan fingerprint density at radius 1 is 1.26 bits per heavy atom. The summed E-state index contributed by atoms with van der Waals surface area (Å²) in [5, 5.41) is 0.521. The van der Waals surface area contributed by atoms with Gasteiger partial charge in [-0.1, -0.05) is 23.7 Å². The lowest BCUT2D eigenvalue weighted by atomic mass is 10.3. The number of fused-ring (bicyclic) bond motifs is 1. The minimum atomic E-state index is -0.563. The molecule has 0 spiro atoms. The molecule has 1 heterocycles. The van der Waals surface area contributed by atoms with E-state index in [0.717, 1.165) is 0 Å². The molecule has 0 atom stereocenters. The number of hydrogen-bond donors (Lipinski definition) is 0. The molecule has 3 aromatic rings. The number of rotatable bonds is 3. The summed E-state index contributed by atoms with van der Waals surface area (Å²) in [6.45, 7) is -0.211. The Hall–Kier alpha value is -2.18. The van der Waals surface area contributed by atoms with Crippen LogP contribution in [0.4, 0.5) is 0 Å². The van der Waals surface area contributed by atoms with Gasteiger partial charge in [0.2, 0.25) is 0 Å². The summed E-state index contributed by atoms with van der Waals surface area (Å²) in [4.78, 5) is 28.2. The van der Waals surface area contributed by atoms with E-state index in [0.29, 0.717) is 26.3 Å². The monoisotopic (exact) mass is 392 g/mol. The van der Waals surface area contributed by atoms with Crippen molar-refractivity contribution in [1.82, 2.24) is 9.55 Å². The van der Waals surface area contributed by atoms with E-state index < -0.39 is 5.97 Å². The minimum Gasteiger partial charge on any atom is -0.424 e. The van der Waals surface area contributed by atoms with Crippen LogP contribution in [-0.2, 0) is 11.3 Å². The Balaban J connectivity index is 1.89. The van der Waals surface area contributed by atoms with Crippen LogP contribution >= 0.6 is 27.5 Å². The molecule has 0 saturated carbocycles. The van der Waals surface area contributed by atoms with E-state index in [2.05, 4.69) is 20.9 Å². The third-order valence-electron chi connectivity index (χ3n) is 3.16. The van der Waals surface area contributed by atoms with Gasteiger partial charge in [-0.2, -0.15) is 0 Å². The van der Waals surface area contributed by atoms with E-state index in [9.17, 15) is 9.59 Å². The van der Waals surface area contributed by atoms with Gasteiger partial charge in [-0.05, 0) is 46.3 Å². The highest BCUT2D eigenvalue weighted by Crippen LogP contribution is 2.28. The molecule has 0 saturated heterocycles. The zero-order valence-electron chi connectivity index (χ0n) is 11.7. The molecule has 5 nitrogen and oxygen atoms in total. The molecule has 0 bridgehead atoms. The van der Waals surface area contributed by atoms with Gasteiger partial charge in [-0.15, -0.1) is 0 Å². The standard InChI is InChI=1S/C16H10BrClN2O3/c17-11-7-10(18)5-6-14(11)23-16(22)9-20-13-4-2-1-3-12(13)19-8-15(20)21/h1-8H,9H2. The average Bonchev–Trinajstić information content (AvgIpc) is 2.53. The predicted octanol–water partition coefficient (Wildman–Crippen LogP) is 3.42. The number of para-hydroxylation sites is 2. The first-order valence-corrected chi connectivity index (χ1v) is 7.82. The summed E-state index contributed by atoms with van der Waals surface area (Å²) in [6.07, 6.45) is 1.19. The number of halogens is 2. The van der Waals surface area contributed by atoms with Crippen molar-refractivity contribution in [2.45, 2.75) is 6.54 Å². The topological polar surface area (TPSA) is 61.2 Å². The van der Waals surface area contributed by atoms with Gasteiger partial charge in [-0.3, -0.25) is 9.36 Å². The molecule has 0 aliphatic heterocycles. The third kappa shape index (κ3) is 3.43. The Kier molecular flexibility index (Phi) is 4.45. The first kappa shape index (κ1) is 15.7. The number of nitrogens with zero attached hydrogens (tertiary/aromatic N) is 2. The summed E-state index contributed by atoms with van der Waals surface area (Å²) in [7, 11) is 0. The predicted molar refractivity (Wildman–Crippen MR) is 90.8 cm³/mol. The van der Waals surface area contributed by atoms with Crippen molar-refractivity contribution in [2.75, 3.05) is 0 Å². The van der Waals surface area contributed by atoms with Crippen molar-refractivity contribution in [1.29, 1.82) is 0 Å². The SMILES string of the molecule is O=C(Cn1c(=O)cnc2ccccc21)Oc1ccc(Cl)cc1Br. The highest BCUT2D eigenvalue weighted by Gasteiger charge is 2.12. The molecule has 7 heteroatoms. The van der Waals surface area contributed by atoms with E-state index >= 15 is 0 Å². The van der Waals surface area contributed by atoms with Crippen molar-refractivity contribution in [3.8, 4) is 5.75 Å². The number of carbonyl (C=O) groups excluding carboxylic acids is 1. The number of ether oxygens (including phenoxy) is 1. The van der Waals surface area contributed by atoms with E-state index in [1.807, 2.05) is 6.07 Å². The lowest BCUT2D eigenvalue weighted by molar-refractivity contribution is -0.135. The molecule has 1 aromatic heterocycles. The van der Waals surface area contributed by atoms with E-state index in [1.165, 1.54) is 10.8 Å². The second-order valence-electron chi connectivity index (χ2n) is 4.72. The maximum Gasteiger partial charge on any atom is 0.331 e. The molecule has 116 valence electrons. The van der Waals surface area contributed by atoms with E-state index in [1.54, 1.807) is 36.4 Å². The summed E-state index contributed by atoms with van der Waals surface area (Å²) in [5.74, 6) is -0.225. The molecule has 3 rings (SSSR count). The van der Waals surface area contributed by atoms with Crippen LogP contribution in [0.2, 0.25) is 5.02 Å². The van der Waals surface area contributed by atoms with Gasteiger partial charge < -0.3 is 4.74 Å². The lowest BCUT2D eigenvalue weighted by Gasteiger charge is -2.10. The number of aromatic nitrogens is 2. The van der Waals surface area contributed by atoms with Crippen LogP contribution in [0.15, 0.2) is 57.9 Å². The van der Waals surface area contributed by atoms with Crippen molar-refractivity contribution in [3.63, 3.8) is 0 Å². The highest BCUT2D eigenvalue weighted by molar-refractivity contribution is 9.10. The third-order valence-corrected chi connectivity index (χ3v) is 4.01. The van der Waals surface area contributed by atoms with Crippen LogP contribution in [0, 0.1) is 0 Å². The molecule has 0 amide bonds. The highest BCUT2D eigenvalue weighted by atomic mass is 79.9. The fourth-order valence-electron chi connectivity index (χ4n) is 2.12. The zero-order valence-corrected chi connectivity index (χ0v) is 14.0. The van der Waals surface area contributed by atoms with Crippen LogP contribution in [0.25, 0.3) is 11.0 Å². The summed E-state index contributed by atoms with van der Waals surface area (Å²) < 4.78 is 7.17. The molecule has 0 aliphatic carbocycles. The molecule has 0 N–H and O–H groups in total. The largest absolute Gasteiger partial charge is 0.424 e. The maximum atomic E-state index is 12.2. The van der Waals surface area contributed by atoms with Gasteiger partial charge in [0.15, 0.2) is 0 Å². The summed E-state index contributed by atoms with van der Waals surface area (Å²) in [6, 6.07) is 11.9. The van der Waals surface area contributed by atoms with E-state index in [4.69, 9.17) is 16.3 Å². The Morgan fingerprint density at radius 3 is 2.83 bits per heavy atom. The first-order valence-electron chi connectivity index (χ1n) is 6.65. The molecule has 2 aromatic carbocycles. The molecule has 0 fully saturated rings. The molecule has 0 radical (unpaired) electrons. The minimum absolute atomic E-state index is 0.211. The lowest BCUT2D eigenvalue weighted by Crippen LogP contribution is -2.27. The number of esters is 1. The van der Waals surface area contributed by atoms with Crippen molar-refractivity contribution >= 4 is 44.5 Å². The Morgan fingerprint density at radius 2 is 2.04 bits per heavy atom. The van der Waals surface area contributed by atoms with Crippen molar-refractivity contribution < 1.29 is 9.53 Å². The second-order valence-corrected chi connectivity index (χ2v) is 6.01. The quantitative estimate of drug-likeness (QED) is 0.505. The van der Waals surface area contributed by atoms with Gasteiger partial charge in [0.25, 0.3) is 5.56 Å². The zero-order chi connectivity index (χ0) is 16.4. The van der Waals surface area contributed by atoms with Gasteiger partial charge in [-0.25, -0.2) is 9.78 Å². The number of benzene rings is 2. The van der Waals surface area contributed by atoms with Crippen LogP contribution in [-0.4, -0.2) is 15.5 Å². The molecular weight excluding hydrogens is 384 g/mol. The molecular formula is C16H10BrClN2O3. The van der Waals surface area contributed by atoms with Gasteiger partial charge >= 0.3 is 5.97 Å². The van der Waals surface area contributed by atoms with Crippen LogP contribution < -0.4 is 10.3 Å². The second kappa shape index (κ2) is 6.52. The number of carbonyl (C=O) groups is 1.